The van der Waals surface area contributed by atoms with Gasteiger partial charge in [-0.2, -0.15) is 5.26 Å². The Morgan fingerprint density at radius 3 is 2.81 bits per heavy atom. The summed E-state index contributed by atoms with van der Waals surface area (Å²) in [5, 5.41) is 9.04. The number of hydrogen-bond donors (Lipinski definition) is 0. The lowest BCUT2D eigenvalue weighted by atomic mass is 10.3. The molecule has 0 unspecified atom stereocenters. The molecular weight excluding hydrogens is 308 g/mol. The number of hydrogen-bond acceptors (Lipinski definition) is 7. The topological polar surface area (TPSA) is 78.5 Å². The summed E-state index contributed by atoms with van der Waals surface area (Å²) in [7, 11) is 0. The highest BCUT2D eigenvalue weighted by Crippen LogP contribution is 2.43. The van der Waals surface area contributed by atoms with E-state index in [2.05, 4.69) is 14.5 Å². The van der Waals surface area contributed by atoms with Crippen molar-refractivity contribution < 1.29 is 27.5 Å². The van der Waals surface area contributed by atoms with Crippen LogP contribution < -0.4 is 9.47 Å². The van der Waals surface area contributed by atoms with Crippen molar-refractivity contribution in [3.8, 4) is 17.6 Å². The SMILES string of the molecule is CCOOSn1c(C#N)nc2cc3c(cc21)OC(F)(F)O3. The highest BCUT2D eigenvalue weighted by molar-refractivity contribution is 7.93. The number of aromatic nitrogens is 2. The van der Waals surface area contributed by atoms with Crippen molar-refractivity contribution in [2.75, 3.05) is 6.61 Å². The Kier molecular flexibility index (Phi) is 3.32. The van der Waals surface area contributed by atoms with Gasteiger partial charge in [0.1, 0.15) is 6.07 Å². The summed E-state index contributed by atoms with van der Waals surface area (Å²) in [5.74, 6) is -0.266. The summed E-state index contributed by atoms with van der Waals surface area (Å²) in [6.45, 7) is 2.03. The lowest BCUT2D eigenvalue weighted by Crippen LogP contribution is -2.25. The Morgan fingerprint density at radius 1 is 1.43 bits per heavy atom. The summed E-state index contributed by atoms with van der Waals surface area (Å²) >= 11 is 0.703. The van der Waals surface area contributed by atoms with Gasteiger partial charge >= 0.3 is 6.29 Å². The number of nitrogens with zero attached hydrogens (tertiary/aromatic N) is 3. The highest BCUT2D eigenvalue weighted by atomic mass is 32.2. The molecule has 0 N–H and O–H groups in total. The summed E-state index contributed by atoms with van der Waals surface area (Å²) in [4.78, 5) is 8.71. The Bertz CT molecular complexity index is 743. The van der Waals surface area contributed by atoms with Crippen molar-refractivity contribution in [3.05, 3.63) is 18.0 Å². The second-order valence-corrected chi connectivity index (χ2v) is 4.50. The van der Waals surface area contributed by atoms with Gasteiger partial charge in [0, 0.05) is 12.1 Å². The zero-order chi connectivity index (χ0) is 15.0. The van der Waals surface area contributed by atoms with Crippen molar-refractivity contribution in [2.45, 2.75) is 13.2 Å². The van der Waals surface area contributed by atoms with E-state index in [1.165, 1.54) is 16.1 Å². The minimum absolute atomic E-state index is 0.0186. The number of halogens is 2. The first-order valence-electron chi connectivity index (χ1n) is 5.73. The molecular formula is C11H7F2N3O4S. The van der Waals surface area contributed by atoms with Crippen LogP contribution in [-0.4, -0.2) is 21.9 Å². The van der Waals surface area contributed by atoms with Gasteiger partial charge in [0.15, 0.2) is 23.7 Å². The Morgan fingerprint density at radius 2 is 2.14 bits per heavy atom. The zero-order valence-electron chi connectivity index (χ0n) is 10.5. The molecule has 0 saturated heterocycles. The quantitative estimate of drug-likeness (QED) is 0.371. The molecule has 0 bridgehead atoms. The molecule has 0 fully saturated rings. The molecule has 1 aliphatic heterocycles. The molecule has 1 aromatic heterocycles. The lowest BCUT2D eigenvalue weighted by molar-refractivity contribution is -0.286. The van der Waals surface area contributed by atoms with Crippen molar-refractivity contribution in [2.24, 2.45) is 0 Å². The molecule has 0 atom stereocenters. The highest BCUT2D eigenvalue weighted by Gasteiger charge is 2.44. The van der Waals surface area contributed by atoms with Crippen molar-refractivity contribution in [1.82, 2.24) is 8.96 Å². The van der Waals surface area contributed by atoms with Crippen LogP contribution in [0.5, 0.6) is 11.5 Å². The van der Waals surface area contributed by atoms with Gasteiger partial charge in [-0.25, -0.2) is 13.8 Å². The van der Waals surface area contributed by atoms with E-state index < -0.39 is 6.29 Å². The van der Waals surface area contributed by atoms with Crippen LogP contribution in [0.2, 0.25) is 0 Å². The van der Waals surface area contributed by atoms with Gasteiger partial charge in [0.05, 0.1) is 17.6 Å². The molecule has 7 nitrogen and oxygen atoms in total. The standard InChI is InChI=1S/C11H7F2N3O4S/c1-2-17-20-21-16-7-4-9-8(18-11(12,13)19-9)3-6(7)15-10(16)5-14/h3-4H,2H2,1H3. The van der Waals surface area contributed by atoms with E-state index in [4.69, 9.17) is 14.5 Å². The summed E-state index contributed by atoms with van der Waals surface area (Å²) < 4.78 is 40.8. The van der Waals surface area contributed by atoms with E-state index in [9.17, 15) is 8.78 Å². The average Bonchev–Trinajstić information content (AvgIpc) is 2.91. The molecule has 0 spiro atoms. The van der Waals surface area contributed by atoms with E-state index in [-0.39, 0.29) is 17.3 Å². The Labute approximate surface area is 121 Å². The molecule has 0 radical (unpaired) electrons. The van der Waals surface area contributed by atoms with E-state index in [1.807, 2.05) is 6.07 Å². The maximum atomic E-state index is 13.0. The van der Waals surface area contributed by atoms with Crippen LogP contribution in [-0.2, 0) is 9.22 Å². The fourth-order valence-electron chi connectivity index (χ4n) is 1.75. The largest absolute Gasteiger partial charge is 0.586 e. The van der Waals surface area contributed by atoms with Gasteiger partial charge < -0.3 is 9.47 Å². The van der Waals surface area contributed by atoms with Crippen LogP contribution in [0.25, 0.3) is 11.0 Å². The summed E-state index contributed by atoms with van der Waals surface area (Å²) in [5.41, 5.74) is 0.649. The van der Waals surface area contributed by atoms with Crippen LogP contribution in [0.15, 0.2) is 12.1 Å². The van der Waals surface area contributed by atoms with Crippen LogP contribution in [0.1, 0.15) is 12.7 Å². The maximum absolute atomic E-state index is 13.0. The molecule has 3 rings (SSSR count). The van der Waals surface area contributed by atoms with E-state index >= 15 is 0 Å². The normalized spacial score (nSPS) is 15.3. The summed E-state index contributed by atoms with van der Waals surface area (Å²) in [6.07, 6.45) is -3.71. The number of fused-ring (bicyclic) bond motifs is 2. The molecule has 21 heavy (non-hydrogen) atoms. The van der Waals surface area contributed by atoms with E-state index in [0.29, 0.717) is 29.9 Å². The minimum atomic E-state index is -3.71. The van der Waals surface area contributed by atoms with Gasteiger partial charge in [-0.1, -0.05) is 0 Å². The number of benzene rings is 1. The number of alkyl halides is 2. The van der Waals surface area contributed by atoms with E-state index in [1.54, 1.807) is 6.92 Å². The molecule has 1 aromatic carbocycles. The van der Waals surface area contributed by atoms with Gasteiger partial charge in [-0.05, 0) is 6.92 Å². The Balaban J connectivity index is 2.04. The van der Waals surface area contributed by atoms with Crippen molar-refractivity contribution >= 4 is 23.3 Å². The maximum Gasteiger partial charge on any atom is 0.586 e. The van der Waals surface area contributed by atoms with Gasteiger partial charge in [0.25, 0.3) is 0 Å². The molecule has 2 aromatic rings. The fraction of sp³-hybridized carbons (Fsp3) is 0.273. The predicted octanol–water partition coefficient (Wildman–Crippen LogP) is 2.61. The molecule has 110 valence electrons. The van der Waals surface area contributed by atoms with E-state index in [0.717, 1.165) is 0 Å². The van der Waals surface area contributed by atoms with Gasteiger partial charge in [0.2, 0.25) is 5.82 Å². The predicted molar refractivity (Wildman–Crippen MR) is 66.4 cm³/mol. The fourth-order valence-corrected chi connectivity index (χ4v) is 2.33. The van der Waals surface area contributed by atoms with Gasteiger partial charge in [-0.3, -0.25) is 0 Å². The Hall–Kier alpha value is -2.09. The third kappa shape index (κ3) is 2.46. The number of imidazole rings is 1. The second kappa shape index (κ2) is 5.03. The molecule has 0 saturated carbocycles. The molecule has 0 amide bonds. The monoisotopic (exact) mass is 315 g/mol. The molecule has 2 heterocycles. The second-order valence-electron chi connectivity index (χ2n) is 3.85. The van der Waals surface area contributed by atoms with Gasteiger partial charge in [-0.15, -0.1) is 13.1 Å². The third-order valence-electron chi connectivity index (χ3n) is 2.51. The first-order valence-corrected chi connectivity index (χ1v) is 6.43. The molecule has 1 aliphatic rings. The van der Waals surface area contributed by atoms with Crippen LogP contribution in [0.4, 0.5) is 8.78 Å². The third-order valence-corrected chi connectivity index (χ3v) is 3.18. The summed E-state index contributed by atoms with van der Waals surface area (Å²) in [6, 6.07) is 4.43. The van der Waals surface area contributed by atoms with Crippen LogP contribution >= 0.6 is 12.2 Å². The zero-order valence-corrected chi connectivity index (χ0v) is 11.3. The molecule has 10 heteroatoms. The first-order chi connectivity index (χ1) is 10.0. The molecule has 0 aliphatic carbocycles. The first kappa shape index (κ1) is 13.9. The number of ether oxygens (including phenoxy) is 2. The lowest BCUT2D eigenvalue weighted by Gasteiger charge is -2.04. The van der Waals surface area contributed by atoms with Crippen molar-refractivity contribution in [1.29, 1.82) is 5.26 Å². The van der Waals surface area contributed by atoms with Crippen LogP contribution in [0, 0.1) is 11.3 Å². The minimum Gasteiger partial charge on any atom is -0.395 e. The van der Waals surface area contributed by atoms with Crippen molar-refractivity contribution in [3.63, 3.8) is 0 Å². The average molecular weight is 315 g/mol. The number of nitriles is 1. The number of rotatable bonds is 4. The van der Waals surface area contributed by atoms with Crippen LogP contribution in [0.3, 0.4) is 0 Å². The smallest absolute Gasteiger partial charge is 0.395 e.